The van der Waals surface area contributed by atoms with Crippen molar-refractivity contribution in [1.82, 2.24) is 10.3 Å². The monoisotopic (exact) mass is 387 g/mol. The molecule has 5 heteroatoms. The Balaban J connectivity index is 1.39. The molecule has 0 spiro atoms. The number of pyridine rings is 1. The van der Waals surface area contributed by atoms with Gasteiger partial charge in [-0.3, -0.25) is 4.79 Å². The minimum Gasteiger partial charge on any atom is -0.373 e. The Morgan fingerprint density at radius 3 is 2.59 bits per heavy atom. The molecule has 1 saturated heterocycles. The zero-order chi connectivity index (χ0) is 19.6. The van der Waals surface area contributed by atoms with Gasteiger partial charge in [-0.1, -0.05) is 48.5 Å². The zero-order valence-electron chi connectivity index (χ0n) is 16.3. The van der Waals surface area contributed by atoms with Crippen LogP contribution in [0.15, 0.2) is 60.7 Å². The molecule has 5 nitrogen and oxygen atoms in total. The van der Waals surface area contributed by atoms with Crippen LogP contribution in [-0.4, -0.2) is 29.6 Å². The third-order valence-corrected chi connectivity index (χ3v) is 5.68. The van der Waals surface area contributed by atoms with Crippen molar-refractivity contribution in [2.45, 2.75) is 43.9 Å². The smallest absolute Gasteiger partial charge is 0.252 e. The minimum absolute atomic E-state index is 0.0108. The predicted molar refractivity (Wildman–Crippen MR) is 114 cm³/mol. The van der Waals surface area contributed by atoms with E-state index in [9.17, 15) is 4.79 Å². The van der Waals surface area contributed by atoms with E-state index in [4.69, 9.17) is 9.72 Å². The molecule has 1 saturated carbocycles. The van der Waals surface area contributed by atoms with E-state index in [0.29, 0.717) is 18.2 Å². The molecule has 3 aromatic rings. The predicted octanol–water partition coefficient (Wildman–Crippen LogP) is 4.46. The normalized spacial score (nSPS) is 21.7. The van der Waals surface area contributed by atoms with Gasteiger partial charge in [0, 0.05) is 24.1 Å². The lowest BCUT2D eigenvalue weighted by molar-refractivity contribution is 0.00974. The topological polar surface area (TPSA) is 63.2 Å². The van der Waals surface area contributed by atoms with Crippen molar-refractivity contribution < 1.29 is 9.53 Å². The van der Waals surface area contributed by atoms with Crippen LogP contribution in [0.5, 0.6) is 0 Å². The molecular weight excluding hydrogens is 362 g/mol. The number of benzene rings is 2. The van der Waals surface area contributed by atoms with Crippen LogP contribution < -0.4 is 10.6 Å². The van der Waals surface area contributed by atoms with Gasteiger partial charge >= 0.3 is 0 Å². The second kappa shape index (κ2) is 7.84. The zero-order valence-corrected chi connectivity index (χ0v) is 16.3. The largest absolute Gasteiger partial charge is 0.373 e. The SMILES string of the molecule is O=C(NC1CC1)c1cc(NC2CCOC(c3ccccc3)C2)nc2ccccc12. The van der Waals surface area contributed by atoms with Gasteiger partial charge in [-0.15, -0.1) is 0 Å². The average molecular weight is 387 g/mol. The van der Waals surface area contributed by atoms with Crippen molar-refractivity contribution in [3.8, 4) is 0 Å². The van der Waals surface area contributed by atoms with Gasteiger partial charge in [0.25, 0.3) is 5.91 Å². The van der Waals surface area contributed by atoms with E-state index in [0.717, 1.165) is 42.4 Å². The number of rotatable bonds is 5. The summed E-state index contributed by atoms with van der Waals surface area (Å²) in [6.07, 6.45) is 4.02. The van der Waals surface area contributed by atoms with Crippen LogP contribution in [0.4, 0.5) is 5.82 Å². The fourth-order valence-corrected chi connectivity index (χ4v) is 3.97. The molecule has 1 amide bonds. The van der Waals surface area contributed by atoms with Crippen molar-refractivity contribution in [2.24, 2.45) is 0 Å². The van der Waals surface area contributed by atoms with Gasteiger partial charge in [-0.05, 0) is 43.4 Å². The van der Waals surface area contributed by atoms with Crippen molar-refractivity contribution >= 4 is 22.6 Å². The van der Waals surface area contributed by atoms with E-state index in [1.807, 2.05) is 48.5 Å². The van der Waals surface area contributed by atoms with Crippen LogP contribution in [0.1, 0.15) is 47.7 Å². The quantitative estimate of drug-likeness (QED) is 0.678. The molecule has 2 N–H and O–H groups in total. The molecule has 1 aliphatic heterocycles. The number of aromatic nitrogens is 1. The maximum atomic E-state index is 12.8. The number of carbonyl (C=O) groups is 1. The minimum atomic E-state index is -0.0108. The molecule has 2 aliphatic rings. The first-order valence-electron chi connectivity index (χ1n) is 10.4. The highest BCUT2D eigenvalue weighted by Crippen LogP contribution is 2.30. The van der Waals surface area contributed by atoms with Crippen LogP contribution in [0, 0.1) is 0 Å². The first-order valence-corrected chi connectivity index (χ1v) is 10.4. The van der Waals surface area contributed by atoms with Crippen molar-refractivity contribution in [1.29, 1.82) is 0 Å². The fourth-order valence-electron chi connectivity index (χ4n) is 3.97. The van der Waals surface area contributed by atoms with E-state index in [2.05, 4.69) is 22.8 Å². The summed E-state index contributed by atoms with van der Waals surface area (Å²) < 4.78 is 5.99. The highest BCUT2D eigenvalue weighted by Gasteiger charge is 2.26. The number of anilines is 1. The van der Waals surface area contributed by atoms with E-state index in [1.165, 1.54) is 5.56 Å². The molecule has 0 bridgehead atoms. The maximum Gasteiger partial charge on any atom is 0.252 e. The number of fused-ring (bicyclic) bond motifs is 1. The van der Waals surface area contributed by atoms with Gasteiger partial charge in [0.05, 0.1) is 17.2 Å². The van der Waals surface area contributed by atoms with Gasteiger partial charge in [0.15, 0.2) is 0 Å². The molecule has 2 heterocycles. The second-order valence-electron chi connectivity index (χ2n) is 7.96. The molecule has 2 unspecified atom stereocenters. The summed E-state index contributed by atoms with van der Waals surface area (Å²) in [5.41, 5.74) is 2.73. The highest BCUT2D eigenvalue weighted by molar-refractivity contribution is 6.07. The summed E-state index contributed by atoms with van der Waals surface area (Å²) in [7, 11) is 0. The Morgan fingerprint density at radius 2 is 1.76 bits per heavy atom. The lowest BCUT2D eigenvalue weighted by Gasteiger charge is -2.31. The van der Waals surface area contributed by atoms with E-state index in [-0.39, 0.29) is 18.1 Å². The molecule has 5 rings (SSSR count). The number of carbonyl (C=O) groups excluding carboxylic acids is 1. The fraction of sp³-hybridized carbons (Fsp3) is 0.333. The van der Waals surface area contributed by atoms with Crippen LogP contribution >= 0.6 is 0 Å². The van der Waals surface area contributed by atoms with Gasteiger partial charge in [0.1, 0.15) is 5.82 Å². The maximum absolute atomic E-state index is 12.8. The molecule has 1 aliphatic carbocycles. The van der Waals surface area contributed by atoms with Crippen LogP contribution in [0.2, 0.25) is 0 Å². The highest BCUT2D eigenvalue weighted by atomic mass is 16.5. The molecule has 29 heavy (non-hydrogen) atoms. The molecular formula is C24H25N3O2. The number of ether oxygens (including phenoxy) is 1. The number of nitrogens with zero attached hydrogens (tertiary/aromatic N) is 1. The summed E-state index contributed by atoms with van der Waals surface area (Å²) in [6, 6.07) is 20.7. The number of para-hydroxylation sites is 1. The number of nitrogens with one attached hydrogen (secondary N) is 2. The number of amides is 1. The van der Waals surface area contributed by atoms with Crippen LogP contribution in [0.3, 0.4) is 0 Å². The standard InChI is InChI=1S/C24H25N3O2/c28-24(26-17-10-11-17)20-15-23(27-21-9-5-4-8-19(20)21)25-18-12-13-29-22(14-18)16-6-2-1-3-7-16/h1-9,15,17-18,22H,10-14H2,(H,25,27)(H,26,28). The molecule has 2 aromatic carbocycles. The summed E-state index contributed by atoms with van der Waals surface area (Å²) >= 11 is 0. The molecule has 2 fully saturated rings. The van der Waals surface area contributed by atoms with Gasteiger partial charge < -0.3 is 15.4 Å². The molecule has 148 valence electrons. The van der Waals surface area contributed by atoms with E-state index in [1.54, 1.807) is 0 Å². The summed E-state index contributed by atoms with van der Waals surface area (Å²) in [5.74, 6) is 0.742. The molecule has 2 atom stereocenters. The number of hydrogen-bond acceptors (Lipinski definition) is 4. The molecule has 0 radical (unpaired) electrons. The Morgan fingerprint density at radius 1 is 0.966 bits per heavy atom. The van der Waals surface area contributed by atoms with Gasteiger partial charge in [-0.25, -0.2) is 4.98 Å². The van der Waals surface area contributed by atoms with Crippen LogP contribution in [0.25, 0.3) is 10.9 Å². The average Bonchev–Trinajstić information content (AvgIpc) is 3.58. The van der Waals surface area contributed by atoms with E-state index < -0.39 is 0 Å². The Bertz CT molecular complexity index is 1020. The third kappa shape index (κ3) is 4.10. The Hall–Kier alpha value is -2.92. The van der Waals surface area contributed by atoms with E-state index >= 15 is 0 Å². The Kier molecular flexibility index (Phi) is 4.90. The van der Waals surface area contributed by atoms with Gasteiger partial charge in [0.2, 0.25) is 0 Å². The van der Waals surface area contributed by atoms with Crippen molar-refractivity contribution in [3.63, 3.8) is 0 Å². The molecule has 1 aromatic heterocycles. The Labute approximate surface area is 170 Å². The summed E-state index contributed by atoms with van der Waals surface area (Å²) in [5, 5.41) is 7.57. The number of hydrogen-bond donors (Lipinski definition) is 2. The lowest BCUT2D eigenvalue weighted by Crippen LogP contribution is -2.31. The second-order valence-corrected chi connectivity index (χ2v) is 7.96. The summed E-state index contributed by atoms with van der Waals surface area (Å²) in [4.78, 5) is 17.6. The van der Waals surface area contributed by atoms with Crippen LogP contribution in [-0.2, 0) is 4.74 Å². The van der Waals surface area contributed by atoms with Gasteiger partial charge in [-0.2, -0.15) is 0 Å². The first-order chi connectivity index (χ1) is 14.3. The lowest BCUT2D eigenvalue weighted by atomic mass is 9.97. The van der Waals surface area contributed by atoms with Crippen molar-refractivity contribution in [2.75, 3.05) is 11.9 Å². The third-order valence-electron chi connectivity index (χ3n) is 5.68. The first kappa shape index (κ1) is 18.1. The summed E-state index contributed by atoms with van der Waals surface area (Å²) in [6.45, 7) is 0.708. The van der Waals surface area contributed by atoms with Crippen molar-refractivity contribution in [3.05, 3.63) is 71.8 Å².